The van der Waals surface area contributed by atoms with Gasteiger partial charge in [0.2, 0.25) is 5.88 Å². The minimum absolute atomic E-state index is 0.00859. The summed E-state index contributed by atoms with van der Waals surface area (Å²) in [5.74, 6) is 0.461. The van der Waals surface area contributed by atoms with Crippen LogP contribution in [0.4, 0.5) is 13.2 Å². The highest BCUT2D eigenvalue weighted by molar-refractivity contribution is 9.10. The molecule has 0 aromatic carbocycles. The van der Waals surface area contributed by atoms with Crippen molar-refractivity contribution < 1.29 is 17.9 Å². The van der Waals surface area contributed by atoms with E-state index in [1.807, 2.05) is 0 Å². The van der Waals surface area contributed by atoms with E-state index in [0.29, 0.717) is 22.5 Å². The van der Waals surface area contributed by atoms with Gasteiger partial charge in [-0.3, -0.25) is 0 Å². The molecule has 0 saturated carbocycles. The molecule has 0 aliphatic heterocycles. The first-order chi connectivity index (χ1) is 9.20. The Hall–Kier alpha value is -0.820. The van der Waals surface area contributed by atoms with Crippen molar-refractivity contribution in [1.29, 1.82) is 0 Å². The molecule has 0 amide bonds. The first-order valence-electron chi connectivity index (χ1n) is 6.28. The van der Waals surface area contributed by atoms with Gasteiger partial charge in [0.25, 0.3) is 0 Å². The van der Waals surface area contributed by atoms with Gasteiger partial charge in [0.15, 0.2) is 6.10 Å². The van der Waals surface area contributed by atoms with Gasteiger partial charge in [-0.15, -0.1) is 0 Å². The van der Waals surface area contributed by atoms with Crippen LogP contribution in [0.5, 0.6) is 5.88 Å². The average molecular weight is 355 g/mol. The van der Waals surface area contributed by atoms with Gasteiger partial charge in [-0.1, -0.05) is 13.8 Å². The van der Waals surface area contributed by atoms with Gasteiger partial charge in [0.1, 0.15) is 0 Å². The van der Waals surface area contributed by atoms with Crippen LogP contribution in [0.25, 0.3) is 0 Å². The molecule has 1 atom stereocenters. The van der Waals surface area contributed by atoms with Crippen LogP contribution in [0.3, 0.4) is 0 Å². The third-order valence-corrected chi connectivity index (χ3v) is 2.94. The van der Waals surface area contributed by atoms with Crippen LogP contribution in [0, 0.1) is 5.92 Å². The normalized spacial score (nSPS) is 13.6. The maximum Gasteiger partial charge on any atom is 0.425 e. The Morgan fingerprint density at radius 1 is 1.35 bits per heavy atom. The van der Waals surface area contributed by atoms with Crippen molar-refractivity contribution in [2.24, 2.45) is 5.92 Å². The first-order valence-corrected chi connectivity index (χ1v) is 7.08. The Morgan fingerprint density at radius 2 is 2.00 bits per heavy atom. The van der Waals surface area contributed by atoms with Crippen molar-refractivity contribution in [1.82, 2.24) is 10.3 Å². The van der Waals surface area contributed by atoms with E-state index < -0.39 is 12.3 Å². The number of ether oxygens (including phenoxy) is 1. The van der Waals surface area contributed by atoms with Crippen LogP contribution in [0.1, 0.15) is 26.3 Å². The number of alkyl halides is 3. The monoisotopic (exact) mass is 354 g/mol. The number of pyridine rings is 1. The van der Waals surface area contributed by atoms with Gasteiger partial charge in [0.05, 0.1) is 0 Å². The minimum Gasteiger partial charge on any atom is -0.465 e. The van der Waals surface area contributed by atoms with Gasteiger partial charge in [-0.05, 0) is 41.4 Å². The zero-order chi connectivity index (χ0) is 15.3. The fourth-order valence-corrected chi connectivity index (χ4v) is 1.81. The Morgan fingerprint density at radius 3 is 2.55 bits per heavy atom. The number of nitrogens with zero attached hydrogens (tertiary/aromatic N) is 1. The van der Waals surface area contributed by atoms with Gasteiger partial charge >= 0.3 is 6.18 Å². The van der Waals surface area contributed by atoms with E-state index in [2.05, 4.69) is 40.1 Å². The van der Waals surface area contributed by atoms with Crippen molar-refractivity contribution in [3.63, 3.8) is 0 Å². The number of hydrogen-bond acceptors (Lipinski definition) is 3. The lowest BCUT2D eigenvalue weighted by Gasteiger charge is -2.19. The minimum atomic E-state index is -4.41. The summed E-state index contributed by atoms with van der Waals surface area (Å²) < 4.78 is 43.2. The molecule has 0 aliphatic rings. The van der Waals surface area contributed by atoms with Crippen molar-refractivity contribution in [2.45, 2.75) is 39.6 Å². The fourth-order valence-electron chi connectivity index (χ4n) is 1.43. The van der Waals surface area contributed by atoms with Crippen molar-refractivity contribution in [2.75, 3.05) is 6.54 Å². The molecule has 0 saturated heterocycles. The topological polar surface area (TPSA) is 34.2 Å². The highest BCUT2D eigenvalue weighted by atomic mass is 79.9. The van der Waals surface area contributed by atoms with E-state index >= 15 is 0 Å². The molecule has 1 rings (SSSR count). The van der Waals surface area contributed by atoms with Crippen molar-refractivity contribution in [3.8, 4) is 5.88 Å². The van der Waals surface area contributed by atoms with E-state index in [1.54, 1.807) is 6.07 Å². The maximum atomic E-state index is 12.5. The molecule has 1 aromatic rings. The maximum absolute atomic E-state index is 12.5. The second-order valence-electron chi connectivity index (χ2n) is 4.94. The standard InChI is InChI=1S/C13H18BrF3N2O/c1-8(2)5-18-6-10-4-11(14)7-19-12(10)20-9(3)13(15,16)17/h4,7-9,18H,5-6H2,1-3H3. The largest absolute Gasteiger partial charge is 0.465 e. The summed E-state index contributed by atoms with van der Waals surface area (Å²) in [5, 5.41) is 3.16. The number of nitrogens with one attached hydrogen (secondary N) is 1. The third kappa shape index (κ3) is 5.66. The van der Waals surface area contributed by atoms with Crippen molar-refractivity contribution >= 4 is 15.9 Å². The molecule has 0 spiro atoms. The molecular formula is C13H18BrF3N2O. The highest BCUT2D eigenvalue weighted by Crippen LogP contribution is 2.27. The molecular weight excluding hydrogens is 337 g/mol. The summed E-state index contributed by atoms with van der Waals surface area (Å²) in [7, 11) is 0. The Kier molecular flexibility index (Phi) is 6.26. The Bertz CT molecular complexity index is 438. The number of halogens is 4. The van der Waals surface area contributed by atoms with Crippen LogP contribution < -0.4 is 10.1 Å². The lowest BCUT2D eigenvalue weighted by Crippen LogP contribution is -2.32. The summed E-state index contributed by atoms with van der Waals surface area (Å²) in [4.78, 5) is 3.92. The molecule has 3 nitrogen and oxygen atoms in total. The summed E-state index contributed by atoms with van der Waals surface area (Å²) in [6.07, 6.45) is -4.87. The smallest absolute Gasteiger partial charge is 0.425 e. The summed E-state index contributed by atoms with van der Waals surface area (Å²) >= 11 is 3.25. The van der Waals surface area contributed by atoms with Gasteiger partial charge in [-0.25, -0.2) is 4.98 Å². The molecule has 0 fully saturated rings. The quantitative estimate of drug-likeness (QED) is 0.840. The van der Waals surface area contributed by atoms with Crippen LogP contribution in [-0.4, -0.2) is 23.8 Å². The number of aromatic nitrogens is 1. The van der Waals surface area contributed by atoms with Crippen molar-refractivity contribution in [3.05, 3.63) is 22.3 Å². The molecule has 0 radical (unpaired) electrons. The molecule has 0 bridgehead atoms. The summed E-state index contributed by atoms with van der Waals surface area (Å²) in [6, 6.07) is 1.71. The molecule has 0 aliphatic carbocycles. The Labute approximate surface area is 125 Å². The number of rotatable bonds is 6. The molecule has 20 heavy (non-hydrogen) atoms. The van der Waals surface area contributed by atoms with E-state index in [4.69, 9.17) is 4.74 Å². The average Bonchev–Trinajstić information content (AvgIpc) is 2.30. The van der Waals surface area contributed by atoms with Gasteiger partial charge in [0, 0.05) is 22.8 Å². The highest BCUT2D eigenvalue weighted by Gasteiger charge is 2.38. The summed E-state index contributed by atoms with van der Waals surface area (Å²) in [5.41, 5.74) is 0.594. The fraction of sp³-hybridized carbons (Fsp3) is 0.615. The molecule has 114 valence electrons. The predicted molar refractivity (Wildman–Crippen MR) is 74.6 cm³/mol. The van der Waals surface area contributed by atoms with E-state index in [0.717, 1.165) is 13.5 Å². The van der Waals surface area contributed by atoms with Crippen LogP contribution in [0.15, 0.2) is 16.7 Å². The molecule has 1 aromatic heterocycles. The van der Waals surface area contributed by atoms with Crippen LogP contribution in [0.2, 0.25) is 0 Å². The second-order valence-corrected chi connectivity index (χ2v) is 5.86. The second kappa shape index (κ2) is 7.26. The Balaban J connectivity index is 2.79. The molecule has 7 heteroatoms. The number of hydrogen-bond donors (Lipinski definition) is 1. The van der Waals surface area contributed by atoms with Gasteiger partial charge < -0.3 is 10.1 Å². The SMILES string of the molecule is CC(C)CNCc1cc(Br)cnc1OC(C)C(F)(F)F. The van der Waals surface area contributed by atoms with E-state index in [1.165, 1.54) is 6.20 Å². The zero-order valence-electron chi connectivity index (χ0n) is 11.6. The van der Waals surface area contributed by atoms with Crippen LogP contribution >= 0.6 is 15.9 Å². The van der Waals surface area contributed by atoms with Crippen LogP contribution in [-0.2, 0) is 6.54 Å². The zero-order valence-corrected chi connectivity index (χ0v) is 13.2. The lowest BCUT2D eigenvalue weighted by molar-refractivity contribution is -0.190. The molecule has 1 N–H and O–H groups in total. The van der Waals surface area contributed by atoms with E-state index in [-0.39, 0.29) is 5.88 Å². The lowest BCUT2D eigenvalue weighted by atomic mass is 10.2. The first kappa shape index (κ1) is 17.2. The summed E-state index contributed by atoms with van der Waals surface area (Å²) in [6.45, 7) is 6.24. The van der Waals surface area contributed by atoms with E-state index in [9.17, 15) is 13.2 Å². The van der Waals surface area contributed by atoms with Gasteiger partial charge in [-0.2, -0.15) is 13.2 Å². The third-order valence-electron chi connectivity index (χ3n) is 2.51. The molecule has 1 heterocycles. The molecule has 1 unspecified atom stereocenters. The predicted octanol–water partition coefficient (Wildman–Crippen LogP) is 3.92.